The van der Waals surface area contributed by atoms with E-state index in [-0.39, 0.29) is 5.91 Å². The van der Waals surface area contributed by atoms with Gasteiger partial charge in [-0.1, -0.05) is 0 Å². The van der Waals surface area contributed by atoms with Gasteiger partial charge in [-0.05, 0) is 55.8 Å². The summed E-state index contributed by atoms with van der Waals surface area (Å²) >= 11 is 0. The average Bonchev–Trinajstić information content (AvgIpc) is 2.75. The highest BCUT2D eigenvalue weighted by atomic mass is 16.1. The fraction of sp³-hybridized carbons (Fsp3) is 0.238. The lowest BCUT2D eigenvalue weighted by molar-refractivity contribution is 0.0946. The molecular weight excluding hydrogens is 352 g/mol. The zero-order chi connectivity index (χ0) is 19.8. The van der Waals surface area contributed by atoms with E-state index >= 15 is 0 Å². The largest absolute Gasteiger partial charge is 0.372 e. The summed E-state index contributed by atoms with van der Waals surface area (Å²) in [4.78, 5) is 26.9. The fourth-order valence-corrected chi connectivity index (χ4v) is 2.82. The molecule has 0 saturated carbocycles. The van der Waals surface area contributed by atoms with Crippen molar-refractivity contribution in [3.05, 3.63) is 72.4 Å². The van der Waals surface area contributed by atoms with E-state index in [9.17, 15) is 4.79 Å². The van der Waals surface area contributed by atoms with Crippen LogP contribution in [0.1, 0.15) is 29.9 Å². The van der Waals surface area contributed by atoms with Gasteiger partial charge in [0.25, 0.3) is 5.91 Å². The molecule has 1 aromatic carbocycles. The second kappa shape index (κ2) is 9.45. The Morgan fingerprint density at radius 3 is 2.39 bits per heavy atom. The standard InChI is InChI=1S/C21H24N6O/c1-3-27(4-2)18-7-5-17(6-8-18)26-20-13-19(24-15-25-20)21(28)23-14-16-9-11-22-12-10-16/h5-13,15H,3-4,14H2,1-2H3,(H,23,28)(H,24,25,26). The Kier molecular flexibility index (Phi) is 6.51. The van der Waals surface area contributed by atoms with Gasteiger partial charge in [0.1, 0.15) is 17.8 Å². The minimum atomic E-state index is -0.251. The van der Waals surface area contributed by atoms with Crippen molar-refractivity contribution in [2.75, 3.05) is 23.3 Å². The first-order chi connectivity index (χ1) is 13.7. The Balaban J connectivity index is 1.63. The first kappa shape index (κ1) is 19.3. The molecule has 7 nitrogen and oxygen atoms in total. The van der Waals surface area contributed by atoms with Gasteiger partial charge in [-0.2, -0.15) is 0 Å². The zero-order valence-electron chi connectivity index (χ0n) is 16.1. The Morgan fingerprint density at radius 2 is 1.71 bits per heavy atom. The Bertz CT molecular complexity index is 894. The van der Waals surface area contributed by atoms with Crippen LogP contribution in [-0.2, 0) is 6.54 Å². The Hall–Kier alpha value is -3.48. The average molecular weight is 376 g/mol. The highest BCUT2D eigenvalue weighted by Crippen LogP contribution is 2.20. The van der Waals surface area contributed by atoms with E-state index in [1.165, 1.54) is 12.0 Å². The molecule has 0 unspecified atom stereocenters. The molecule has 7 heteroatoms. The SMILES string of the molecule is CCN(CC)c1ccc(Nc2cc(C(=O)NCc3ccncc3)ncn2)cc1. The highest BCUT2D eigenvalue weighted by molar-refractivity contribution is 5.92. The van der Waals surface area contributed by atoms with E-state index in [1.807, 2.05) is 24.3 Å². The van der Waals surface area contributed by atoms with Crippen LogP contribution in [-0.4, -0.2) is 33.9 Å². The topological polar surface area (TPSA) is 83.0 Å². The molecular formula is C21H24N6O. The number of pyridine rings is 1. The van der Waals surface area contributed by atoms with Gasteiger partial charge in [0, 0.05) is 49.5 Å². The van der Waals surface area contributed by atoms with Crippen LogP contribution in [0.4, 0.5) is 17.2 Å². The van der Waals surface area contributed by atoms with Crippen LogP contribution in [0.15, 0.2) is 61.2 Å². The van der Waals surface area contributed by atoms with Crippen LogP contribution in [0, 0.1) is 0 Å². The molecule has 3 aromatic rings. The number of carbonyl (C=O) groups is 1. The number of anilines is 3. The molecule has 0 saturated heterocycles. The number of nitrogens with zero attached hydrogens (tertiary/aromatic N) is 4. The number of hydrogen-bond donors (Lipinski definition) is 2. The molecule has 2 N–H and O–H groups in total. The van der Waals surface area contributed by atoms with Gasteiger partial charge in [-0.15, -0.1) is 0 Å². The molecule has 1 amide bonds. The lowest BCUT2D eigenvalue weighted by Crippen LogP contribution is -2.24. The van der Waals surface area contributed by atoms with Crippen LogP contribution >= 0.6 is 0 Å². The summed E-state index contributed by atoms with van der Waals surface area (Å²) in [6, 6.07) is 13.5. The van der Waals surface area contributed by atoms with Gasteiger partial charge in [-0.25, -0.2) is 9.97 Å². The summed E-state index contributed by atoms with van der Waals surface area (Å²) in [5, 5.41) is 6.07. The molecule has 0 fully saturated rings. The minimum Gasteiger partial charge on any atom is -0.372 e. The first-order valence-electron chi connectivity index (χ1n) is 9.30. The minimum absolute atomic E-state index is 0.251. The van der Waals surface area contributed by atoms with Gasteiger partial charge >= 0.3 is 0 Å². The molecule has 3 rings (SSSR count). The van der Waals surface area contributed by atoms with E-state index in [0.717, 1.165) is 24.3 Å². The third kappa shape index (κ3) is 5.03. The molecule has 28 heavy (non-hydrogen) atoms. The van der Waals surface area contributed by atoms with Gasteiger partial charge in [0.05, 0.1) is 0 Å². The van der Waals surface area contributed by atoms with E-state index in [2.05, 4.69) is 56.5 Å². The normalized spacial score (nSPS) is 10.4. The number of benzene rings is 1. The maximum Gasteiger partial charge on any atom is 0.270 e. The van der Waals surface area contributed by atoms with Crippen molar-refractivity contribution in [3.8, 4) is 0 Å². The smallest absolute Gasteiger partial charge is 0.270 e. The van der Waals surface area contributed by atoms with E-state index in [4.69, 9.17) is 0 Å². The van der Waals surface area contributed by atoms with Crippen molar-refractivity contribution in [2.24, 2.45) is 0 Å². The Morgan fingerprint density at radius 1 is 1.00 bits per heavy atom. The fourth-order valence-electron chi connectivity index (χ4n) is 2.82. The molecule has 144 valence electrons. The third-order valence-electron chi connectivity index (χ3n) is 4.37. The van der Waals surface area contributed by atoms with Crippen molar-refractivity contribution in [3.63, 3.8) is 0 Å². The summed E-state index contributed by atoms with van der Waals surface area (Å²) < 4.78 is 0. The van der Waals surface area contributed by atoms with E-state index in [1.54, 1.807) is 18.5 Å². The maximum absolute atomic E-state index is 12.4. The maximum atomic E-state index is 12.4. The highest BCUT2D eigenvalue weighted by Gasteiger charge is 2.09. The number of nitrogens with one attached hydrogen (secondary N) is 2. The molecule has 0 aliphatic rings. The molecule has 2 aromatic heterocycles. The van der Waals surface area contributed by atoms with Crippen LogP contribution in [0.3, 0.4) is 0 Å². The summed E-state index contributed by atoms with van der Waals surface area (Å²) in [5.41, 5.74) is 3.36. The number of aromatic nitrogens is 3. The van der Waals surface area contributed by atoms with Crippen LogP contribution in [0.2, 0.25) is 0 Å². The summed E-state index contributed by atoms with van der Waals surface area (Å²) in [5.74, 6) is 0.318. The molecule has 2 heterocycles. The van der Waals surface area contributed by atoms with Crippen molar-refractivity contribution < 1.29 is 4.79 Å². The third-order valence-corrected chi connectivity index (χ3v) is 4.37. The second-order valence-electron chi connectivity index (χ2n) is 6.17. The predicted octanol–water partition coefficient (Wildman–Crippen LogP) is 3.39. The molecule has 0 aliphatic carbocycles. The van der Waals surface area contributed by atoms with Gasteiger partial charge in [0.15, 0.2) is 0 Å². The zero-order valence-corrected chi connectivity index (χ0v) is 16.1. The van der Waals surface area contributed by atoms with Crippen molar-refractivity contribution >= 4 is 23.1 Å². The second-order valence-corrected chi connectivity index (χ2v) is 6.17. The summed E-state index contributed by atoms with van der Waals surface area (Å²) in [6.45, 7) is 6.62. The molecule has 0 bridgehead atoms. The monoisotopic (exact) mass is 376 g/mol. The number of hydrogen-bond acceptors (Lipinski definition) is 6. The van der Waals surface area contributed by atoms with Gasteiger partial charge in [0.2, 0.25) is 0 Å². The molecule has 0 radical (unpaired) electrons. The quantitative estimate of drug-likeness (QED) is 0.627. The van der Waals surface area contributed by atoms with Crippen LogP contribution in [0.25, 0.3) is 0 Å². The van der Waals surface area contributed by atoms with Crippen molar-refractivity contribution in [1.29, 1.82) is 0 Å². The van der Waals surface area contributed by atoms with Crippen LogP contribution < -0.4 is 15.5 Å². The first-order valence-corrected chi connectivity index (χ1v) is 9.30. The lowest BCUT2D eigenvalue weighted by Gasteiger charge is -2.21. The molecule has 0 spiro atoms. The Labute approximate surface area is 164 Å². The number of carbonyl (C=O) groups excluding carboxylic acids is 1. The number of amides is 1. The van der Waals surface area contributed by atoms with Crippen LogP contribution in [0.5, 0.6) is 0 Å². The van der Waals surface area contributed by atoms with E-state index in [0.29, 0.717) is 18.1 Å². The molecule has 0 aliphatic heterocycles. The van der Waals surface area contributed by atoms with Gasteiger partial charge in [-0.3, -0.25) is 9.78 Å². The van der Waals surface area contributed by atoms with Crippen molar-refractivity contribution in [2.45, 2.75) is 20.4 Å². The lowest BCUT2D eigenvalue weighted by atomic mass is 10.2. The summed E-state index contributed by atoms with van der Waals surface area (Å²) in [6.07, 6.45) is 4.77. The van der Waals surface area contributed by atoms with E-state index < -0.39 is 0 Å². The molecule has 0 atom stereocenters. The predicted molar refractivity (Wildman–Crippen MR) is 111 cm³/mol. The number of rotatable bonds is 8. The van der Waals surface area contributed by atoms with Crippen molar-refractivity contribution in [1.82, 2.24) is 20.3 Å². The van der Waals surface area contributed by atoms with Gasteiger partial charge < -0.3 is 15.5 Å². The summed E-state index contributed by atoms with van der Waals surface area (Å²) in [7, 11) is 0.